The van der Waals surface area contributed by atoms with Crippen molar-refractivity contribution in [3.8, 4) is 0 Å². The van der Waals surface area contributed by atoms with E-state index in [-0.39, 0.29) is 0 Å². The summed E-state index contributed by atoms with van der Waals surface area (Å²) in [4.78, 5) is 8.31. The van der Waals surface area contributed by atoms with Crippen molar-refractivity contribution in [3.05, 3.63) is 29.0 Å². The maximum absolute atomic E-state index is 5.78. The summed E-state index contributed by atoms with van der Waals surface area (Å²) in [6.07, 6.45) is 5.88. The molecule has 6 nitrogen and oxygen atoms in total. The number of ether oxygens (including phenoxy) is 2. The summed E-state index contributed by atoms with van der Waals surface area (Å²) in [6, 6.07) is 3.80. The van der Waals surface area contributed by atoms with E-state index in [4.69, 9.17) is 21.1 Å². The highest BCUT2D eigenvalue weighted by molar-refractivity contribution is 6.29. The molecule has 7 heteroatoms. The number of nitrogens with one attached hydrogen (secondary N) is 2. The number of pyridine rings is 1. The van der Waals surface area contributed by atoms with Crippen LogP contribution in [-0.2, 0) is 15.9 Å². The van der Waals surface area contributed by atoms with Gasteiger partial charge in [0.25, 0.3) is 0 Å². The molecular formula is C18H29ClN4O2. The molecule has 1 aliphatic rings. The molecule has 0 spiro atoms. The number of halogens is 1. The Morgan fingerprint density at radius 2 is 2.12 bits per heavy atom. The number of aromatic nitrogens is 1. The van der Waals surface area contributed by atoms with Crippen molar-refractivity contribution in [2.45, 2.75) is 25.7 Å². The highest BCUT2D eigenvalue weighted by Crippen LogP contribution is 2.14. The second kappa shape index (κ2) is 12.1. The van der Waals surface area contributed by atoms with Crippen LogP contribution in [0.2, 0.25) is 5.15 Å². The minimum Gasteiger partial charge on any atom is -0.381 e. The summed E-state index contributed by atoms with van der Waals surface area (Å²) in [6.45, 7) is 5.02. The molecule has 1 saturated heterocycles. The lowest BCUT2D eigenvalue weighted by atomic mass is 10.0. The molecule has 0 saturated carbocycles. The van der Waals surface area contributed by atoms with Gasteiger partial charge in [0, 0.05) is 52.8 Å². The molecule has 0 atom stereocenters. The zero-order chi connectivity index (χ0) is 17.7. The van der Waals surface area contributed by atoms with Crippen molar-refractivity contribution in [2.75, 3.05) is 46.6 Å². The van der Waals surface area contributed by atoms with Gasteiger partial charge in [-0.2, -0.15) is 0 Å². The predicted octanol–water partition coefficient (Wildman–Crippen LogP) is 2.28. The molecule has 25 heavy (non-hydrogen) atoms. The first-order valence-corrected chi connectivity index (χ1v) is 9.36. The van der Waals surface area contributed by atoms with E-state index in [9.17, 15) is 0 Å². The summed E-state index contributed by atoms with van der Waals surface area (Å²) in [7, 11) is 1.78. The molecule has 0 amide bonds. The van der Waals surface area contributed by atoms with Gasteiger partial charge in [-0.15, -0.1) is 0 Å². The van der Waals surface area contributed by atoms with Crippen molar-refractivity contribution in [2.24, 2.45) is 10.9 Å². The molecule has 140 valence electrons. The lowest BCUT2D eigenvalue weighted by Gasteiger charge is -2.21. The highest BCUT2D eigenvalue weighted by Gasteiger charge is 2.13. The average molecular weight is 369 g/mol. The van der Waals surface area contributed by atoms with E-state index in [2.05, 4.69) is 20.6 Å². The summed E-state index contributed by atoms with van der Waals surface area (Å²) in [5, 5.41) is 7.13. The molecular weight excluding hydrogens is 340 g/mol. The third kappa shape index (κ3) is 8.52. The molecule has 1 aromatic heterocycles. The van der Waals surface area contributed by atoms with Crippen LogP contribution in [0.15, 0.2) is 23.3 Å². The fraction of sp³-hybridized carbons (Fsp3) is 0.667. The van der Waals surface area contributed by atoms with Gasteiger partial charge in [-0.3, -0.25) is 4.99 Å². The van der Waals surface area contributed by atoms with Crippen LogP contribution >= 0.6 is 11.6 Å². The Kier molecular flexibility index (Phi) is 9.62. The molecule has 0 radical (unpaired) electrons. The fourth-order valence-corrected chi connectivity index (χ4v) is 2.76. The standard InChI is InChI=1S/C18H29ClN4O2/c1-20-18(22-9-5-15-3-4-17(19)23-13-15)21-8-2-10-25-14-16-6-11-24-12-7-16/h3-4,13,16H,2,5-12,14H2,1H3,(H2,20,21,22). The van der Waals surface area contributed by atoms with E-state index in [1.807, 2.05) is 12.1 Å². The van der Waals surface area contributed by atoms with Crippen molar-refractivity contribution >= 4 is 17.6 Å². The van der Waals surface area contributed by atoms with Crippen LogP contribution in [0.4, 0.5) is 0 Å². The van der Waals surface area contributed by atoms with Gasteiger partial charge in [-0.05, 0) is 43.2 Å². The normalized spacial score (nSPS) is 16.0. The van der Waals surface area contributed by atoms with E-state index < -0.39 is 0 Å². The fourth-order valence-electron chi connectivity index (χ4n) is 2.64. The molecule has 0 aromatic carbocycles. The van der Waals surface area contributed by atoms with E-state index in [1.165, 1.54) is 0 Å². The second-order valence-corrected chi connectivity index (χ2v) is 6.54. The van der Waals surface area contributed by atoms with Crippen LogP contribution in [0.3, 0.4) is 0 Å². The predicted molar refractivity (Wildman–Crippen MR) is 101 cm³/mol. The topological polar surface area (TPSA) is 67.8 Å². The lowest BCUT2D eigenvalue weighted by molar-refractivity contribution is 0.0203. The quantitative estimate of drug-likeness (QED) is 0.303. The maximum atomic E-state index is 5.78. The van der Waals surface area contributed by atoms with Crippen LogP contribution in [-0.4, -0.2) is 57.5 Å². The Labute approximate surface area is 155 Å². The van der Waals surface area contributed by atoms with Gasteiger partial charge in [0.15, 0.2) is 5.96 Å². The van der Waals surface area contributed by atoms with Crippen LogP contribution in [0, 0.1) is 5.92 Å². The third-order valence-electron chi connectivity index (χ3n) is 4.17. The van der Waals surface area contributed by atoms with Crippen LogP contribution < -0.4 is 10.6 Å². The molecule has 0 aliphatic carbocycles. The van der Waals surface area contributed by atoms with Crippen molar-refractivity contribution in [1.29, 1.82) is 0 Å². The SMILES string of the molecule is CN=C(NCCCOCC1CCOCC1)NCCc1ccc(Cl)nc1. The lowest BCUT2D eigenvalue weighted by Crippen LogP contribution is -2.39. The number of aliphatic imine (C=N–C) groups is 1. The Bertz CT molecular complexity index is 504. The third-order valence-corrected chi connectivity index (χ3v) is 4.39. The minimum absolute atomic E-state index is 0.522. The highest BCUT2D eigenvalue weighted by atomic mass is 35.5. The second-order valence-electron chi connectivity index (χ2n) is 6.15. The monoisotopic (exact) mass is 368 g/mol. The van der Waals surface area contributed by atoms with Crippen molar-refractivity contribution in [3.63, 3.8) is 0 Å². The number of hydrogen-bond acceptors (Lipinski definition) is 4. The van der Waals surface area contributed by atoms with Gasteiger partial charge in [0.05, 0.1) is 0 Å². The first-order chi connectivity index (χ1) is 12.3. The maximum Gasteiger partial charge on any atom is 0.190 e. The number of rotatable bonds is 9. The Morgan fingerprint density at radius 3 is 2.84 bits per heavy atom. The molecule has 2 N–H and O–H groups in total. The van der Waals surface area contributed by atoms with Crippen LogP contribution in [0.5, 0.6) is 0 Å². The summed E-state index contributed by atoms with van der Waals surface area (Å²) < 4.78 is 11.1. The van der Waals surface area contributed by atoms with E-state index >= 15 is 0 Å². The molecule has 1 aromatic rings. The molecule has 0 bridgehead atoms. The van der Waals surface area contributed by atoms with Gasteiger partial charge in [-0.25, -0.2) is 4.98 Å². The van der Waals surface area contributed by atoms with Gasteiger partial charge in [-0.1, -0.05) is 17.7 Å². The molecule has 2 rings (SSSR count). The first kappa shape index (κ1) is 19.9. The Balaban J connectivity index is 1.49. The minimum atomic E-state index is 0.522. The van der Waals surface area contributed by atoms with E-state index in [0.29, 0.717) is 11.1 Å². The summed E-state index contributed by atoms with van der Waals surface area (Å²) in [5.41, 5.74) is 1.15. The summed E-state index contributed by atoms with van der Waals surface area (Å²) >= 11 is 5.78. The molecule has 2 heterocycles. The van der Waals surface area contributed by atoms with Crippen LogP contribution in [0.25, 0.3) is 0 Å². The van der Waals surface area contributed by atoms with Gasteiger partial charge < -0.3 is 20.1 Å². The average Bonchev–Trinajstić information content (AvgIpc) is 2.65. The number of hydrogen-bond donors (Lipinski definition) is 2. The number of guanidine groups is 1. The van der Waals surface area contributed by atoms with Crippen molar-refractivity contribution in [1.82, 2.24) is 15.6 Å². The summed E-state index contributed by atoms with van der Waals surface area (Å²) in [5.74, 6) is 1.48. The van der Waals surface area contributed by atoms with E-state index in [1.54, 1.807) is 13.2 Å². The van der Waals surface area contributed by atoms with Crippen molar-refractivity contribution < 1.29 is 9.47 Å². The zero-order valence-corrected chi connectivity index (χ0v) is 15.7. The van der Waals surface area contributed by atoms with Crippen LogP contribution in [0.1, 0.15) is 24.8 Å². The van der Waals surface area contributed by atoms with Gasteiger partial charge >= 0.3 is 0 Å². The number of nitrogens with zero attached hydrogens (tertiary/aromatic N) is 2. The molecule has 0 unspecified atom stereocenters. The smallest absolute Gasteiger partial charge is 0.190 e. The largest absolute Gasteiger partial charge is 0.381 e. The first-order valence-electron chi connectivity index (χ1n) is 8.98. The zero-order valence-electron chi connectivity index (χ0n) is 15.0. The molecule has 1 fully saturated rings. The molecule has 1 aliphatic heterocycles. The van der Waals surface area contributed by atoms with Gasteiger partial charge in [0.1, 0.15) is 5.15 Å². The Hall–Kier alpha value is -1.37. The Morgan fingerprint density at radius 1 is 1.32 bits per heavy atom. The van der Waals surface area contributed by atoms with E-state index in [0.717, 1.165) is 76.7 Å². The van der Waals surface area contributed by atoms with Gasteiger partial charge in [0.2, 0.25) is 0 Å².